The number of nitrogens with zero attached hydrogens (tertiary/aromatic N) is 2. The zero-order valence-electron chi connectivity index (χ0n) is 6.45. The van der Waals surface area contributed by atoms with Gasteiger partial charge >= 0.3 is 0 Å². The van der Waals surface area contributed by atoms with Gasteiger partial charge in [0, 0.05) is 12.4 Å². The highest BCUT2D eigenvalue weighted by molar-refractivity contribution is 6.34. The Labute approximate surface area is 74.2 Å². The first kappa shape index (κ1) is 7.43. The molecule has 0 saturated carbocycles. The second-order valence-electron chi connectivity index (χ2n) is 2.62. The molecule has 0 amide bonds. The Morgan fingerprint density at radius 3 is 3.00 bits per heavy atom. The number of phenolic OH excluding ortho intramolecular Hbond substituents is 1. The van der Waals surface area contributed by atoms with E-state index in [4.69, 9.17) is 16.7 Å². The maximum absolute atomic E-state index is 9.17. The Hall–Kier alpha value is -1.22. The number of aromatic hydroxyl groups is 1. The molecule has 0 aliphatic rings. The molecule has 0 aliphatic heterocycles. The van der Waals surface area contributed by atoms with Crippen LogP contribution in [0.3, 0.4) is 0 Å². The molecule has 1 aromatic heterocycles. The van der Waals surface area contributed by atoms with Crippen LogP contribution in [0.25, 0.3) is 10.9 Å². The second kappa shape index (κ2) is 2.38. The van der Waals surface area contributed by atoms with Crippen molar-refractivity contribution in [3.05, 3.63) is 23.4 Å². The molecule has 0 unspecified atom stereocenters. The molecule has 0 bridgehead atoms. The smallest absolute Gasteiger partial charge is 0.159 e. The van der Waals surface area contributed by atoms with Crippen LogP contribution in [0.2, 0.25) is 5.15 Å². The number of aryl methyl sites for hydroxylation is 1. The van der Waals surface area contributed by atoms with E-state index in [2.05, 4.69) is 5.10 Å². The van der Waals surface area contributed by atoms with E-state index in [0.29, 0.717) is 5.15 Å². The molecule has 4 heteroatoms. The van der Waals surface area contributed by atoms with Crippen LogP contribution in [-0.4, -0.2) is 14.9 Å². The van der Waals surface area contributed by atoms with Crippen molar-refractivity contribution < 1.29 is 5.11 Å². The van der Waals surface area contributed by atoms with Gasteiger partial charge in [-0.05, 0) is 18.2 Å². The Bertz CT molecular complexity index is 436. The largest absolute Gasteiger partial charge is 0.508 e. The van der Waals surface area contributed by atoms with Gasteiger partial charge in [0.1, 0.15) is 5.75 Å². The lowest BCUT2D eigenvalue weighted by molar-refractivity contribution is 0.476. The van der Waals surface area contributed by atoms with Crippen molar-refractivity contribution in [1.82, 2.24) is 9.78 Å². The van der Waals surface area contributed by atoms with E-state index in [1.165, 1.54) is 0 Å². The van der Waals surface area contributed by atoms with E-state index in [9.17, 15) is 0 Å². The van der Waals surface area contributed by atoms with Crippen molar-refractivity contribution in [3.8, 4) is 5.75 Å². The number of hydrogen-bond acceptors (Lipinski definition) is 2. The Morgan fingerprint density at radius 1 is 1.50 bits per heavy atom. The minimum absolute atomic E-state index is 0.206. The number of rotatable bonds is 0. The first-order valence-electron chi connectivity index (χ1n) is 3.50. The third-order valence-electron chi connectivity index (χ3n) is 1.79. The van der Waals surface area contributed by atoms with Gasteiger partial charge in [-0.1, -0.05) is 11.6 Å². The van der Waals surface area contributed by atoms with Crippen LogP contribution in [0.5, 0.6) is 5.75 Å². The van der Waals surface area contributed by atoms with E-state index in [-0.39, 0.29) is 5.75 Å². The molecular weight excluding hydrogens is 176 g/mol. The summed E-state index contributed by atoms with van der Waals surface area (Å²) < 4.78 is 1.68. The van der Waals surface area contributed by atoms with Crippen molar-refractivity contribution in [2.24, 2.45) is 7.05 Å². The van der Waals surface area contributed by atoms with Crippen LogP contribution < -0.4 is 0 Å². The monoisotopic (exact) mass is 182 g/mol. The molecule has 0 aliphatic carbocycles. The van der Waals surface area contributed by atoms with Gasteiger partial charge in [-0.15, -0.1) is 0 Å². The van der Waals surface area contributed by atoms with Crippen molar-refractivity contribution in [2.45, 2.75) is 0 Å². The molecule has 62 valence electrons. The molecule has 0 spiro atoms. The molecule has 12 heavy (non-hydrogen) atoms. The molecule has 1 N–H and O–H groups in total. The molecular formula is C8H7ClN2O. The van der Waals surface area contributed by atoms with Crippen molar-refractivity contribution in [1.29, 1.82) is 0 Å². The number of benzene rings is 1. The highest BCUT2D eigenvalue weighted by atomic mass is 35.5. The van der Waals surface area contributed by atoms with Gasteiger partial charge in [0.25, 0.3) is 0 Å². The predicted octanol–water partition coefficient (Wildman–Crippen LogP) is 1.93. The normalized spacial score (nSPS) is 10.8. The maximum Gasteiger partial charge on any atom is 0.159 e. The van der Waals surface area contributed by atoms with Crippen molar-refractivity contribution >= 4 is 22.5 Å². The molecule has 0 saturated heterocycles. The Kier molecular flexibility index (Phi) is 1.48. The van der Waals surface area contributed by atoms with E-state index < -0.39 is 0 Å². The summed E-state index contributed by atoms with van der Waals surface area (Å²) in [6.07, 6.45) is 0. The van der Waals surface area contributed by atoms with Crippen LogP contribution in [0.4, 0.5) is 0 Å². The third kappa shape index (κ3) is 0.940. The topological polar surface area (TPSA) is 38.0 Å². The summed E-state index contributed by atoms with van der Waals surface area (Å²) in [7, 11) is 1.81. The lowest BCUT2D eigenvalue weighted by Crippen LogP contribution is -1.87. The van der Waals surface area contributed by atoms with Crippen LogP contribution in [0.1, 0.15) is 0 Å². The molecule has 1 heterocycles. The fraction of sp³-hybridized carbons (Fsp3) is 0.125. The highest BCUT2D eigenvalue weighted by Gasteiger charge is 2.05. The first-order valence-corrected chi connectivity index (χ1v) is 3.87. The third-order valence-corrected chi connectivity index (χ3v) is 2.07. The number of fused-ring (bicyclic) bond motifs is 1. The highest BCUT2D eigenvalue weighted by Crippen LogP contribution is 2.25. The van der Waals surface area contributed by atoms with Crippen LogP contribution in [-0.2, 0) is 7.05 Å². The minimum Gasteiger partial charge on any atom is -0.508 e. The molecule has 1 aromatic carbocycles. The van der Waals surface area contributed by atoms with Gasteiger partial charge in [0.05, 0.1) is 5.52 Å². The lowest BCUT2D eigenvalue weighted by Gasteiger charge is -1.93. The Morgan fingerprint density at radius 2 is 2.25 bits per heavy atom. The number of halogens is 1. The van der Waals surface area contributed by atoms with Gasteiger partial charge < -0.3 is 5.11 Å². The van der Waals surface area contributed by atoms with Gasteiger partial charge in [0.15, 0.2) is 5.15 Å². The summed E-state index contributed by atoms with van der Waals surface area (Å²) in [6.45, 7) is 0. The summed E-state index contributed by atoms with van der Waals surface area (Å²) in [5.74, 6) is 0.206. The lowest BCUT2D eigenvalue weighted by atomic mass is 10.2. The zero-order chi connectivity index (χ0) is 8.72. The number of phenols is 1. The molecule has 0 radical (unpaired) electrons. The van der Waals surface area contributed by atoms with Gasteiger partial charge in [-0.2, -0.15) is 5.10 Å². The summed E-state index contributed by atoms with van der Waals surface area (Å²) >= 11 is 5.81. The molecule has 0 fully saturated rings. The van der Waals surface area contributed by atoms with Crippen LogP contribution in [0, 0.1) is 0 Å². The van der Waals surface area contributed by atoms with Gasteiger partial charge in [0.2, 0.25) is 0 Å². The van der Waals surface area contributed by atoms with Gasteiger partial charge in [-0.25, -0.2) is 0 Å². The molecule has 3 nitrogen and oxygen atoms in total. The van der Waals surface area contributed by atoms with Crippen LogP contribution in [0.15, 0.2) is 18.2 Å². The van der Waals surface area contributed by atoms with E-state index in [1.54, 1.807) is 22.9 Å². The molecule has 2 rings (SSSR count). The second-order valence-corrected chi connectivity index (χ2v) is 2.97. The number of hydrogen-bond donors (Lipinski definition) is 1. The van der Waals surface area contributed by atoms with Crippen molar-refractivity contribution in [3.63, 3.8) is 0 Å². The fourth-order valence-electron chi connectivity index (χ4n) is 1.21. The first-order chi connectivity index (χ1) is 5.68. The average molecular weight is 183 g/mol. The SMILES string of the molecule is Cn1nc(Cl)c2cc(O)ccc21. The average Bonchev–Trinajstić information content (AvgIpc) is 2.28. The Balaban J connectivity index is 2.90. The van der Waals surface area contributed by atoms with E-state index in [0.717, 1.165) is 10.9 Å². The van der Waals surface area contributed by atoms with Crippen molar-refractivity contribution in [2.75, 3.05) is 0 Å². The quantitative estimate of drug-likeness (QED) is 0.676. The van der Waals surface area contributed by atoms with Crippen LogP contribution >= 0.6 is 11.6 Å². The maximum atomic E-state index is 9.17. The number of aromatic nitrogens is 2. The summed E-state index contributed by atoms with van der Waals surface area (Å²) in [4.78, 5) is 0. The summed E-state index contributed by atoms with van der Waals surface area (Å²) in [6, 6.07) is 4.99. The van der Waals surface area contributed by atoms with E-state index >= 15 is 0 Å². The fourth-order valence-corrected chi connectivity index (χ4v) is 1.48. The predicted molar refractivity (Wildman–Crippen MR) is 47.4 cm³/mol. The summed E-state index contributed by atoms with van der Waals surface area (Å²) in [5, 5.41) is 14.4. The summed E-state index contributed by atoms with van der Waals surface area (Å²) in [5.41, 5.74) is 0.915. The van der Waals surface area contributed by atoms with E-state index in [1.807, 2.05) is 7.05 Å². The molecule has 2 aromatic rings. The van der Waals surface area contributed by atoms with Gasteiger partial charge in [-0.3, -0.25) is 4.68 Å². The molecule has 0 atom stereocenters. The minimum atomic E-state index is 0.206. The zero-order valence-corrected chi connectivity index (χ0v) is 7.21. The standard InChI is InChI=1S/C8H7ClN2O/c1-11-7-3-2-5(12)4-6(7)8(9)10-11/h2-4,12H,1H3.